The lowest BCUT2D eigenvalue weighted by atomic mass is 9.83. The zero-order valence-electron chi connectivity index (χ0n) is 11.1. The first kappa shape index (κ1) is 14.8. The van der Waals surface area contributed by atoms with E-state index in [2.05, 4.69) is 0 Å². The number of halogens is 3. The number of hydrogen-bond acceptors (Lipinski definition) is 3. The predicted molar refractivity (Wildman–Crippen MR) is 68.9 cm³/mol. The molecule has 2 bridgehead atoms. The van der Waals surface area contributed by atoms with Crippen molar-refractivity contribution in [1.29, 1.82) is 0 Å². The molecule has 3 aliphatic carbocycles. The average molecular weight is 320 g/mol. The number of hydrogen-bond donors (Lipinski definition) is 0. The van der Waals surface area contributed by atoms with Crippen molar-refractivity contribution >= 4 is 10.1 Å². The number of benzene rings is 1. The van der Waals surface area contributed by atoms with Gasteiger partial charge in [0.1, 0.15) is 0 Å². The summed E-state index contributed by atoms with van der Waals surface area (Å²) in [5.74, 6) is 1.52. The van der Waals surface area contributed by atoms with Crippen molar-refractivity contribution in [3.05, 3.63) is 29.8 Å². The Kier molecular flexibility index (Phi) is 3.52. The molecular formula is C14H15F3O3S. The fourth-order valence-electron chi connectivity index (χ4n) is 3.24. The fourth-order valence-corrected chi connectivity index (χ4v) is 4.20. The number of fused-ring (bicyclic) bond motifs is 1. The highest BCUT2D eigenvalue weighted by Crippen LogP contribution is 2.52. The summed E-state index contributed by atoms with van der Waals surface area (Å²) in [6, 6.07) is 3.38. The molecule has 0 amide bonds. The second kappa shape index (κ2) is 4.98. The third kappa shape index (κ3) is 2.94. The lowest BCUT2D eigenvalue weighted by molar-refractivity contribution is -0.137. The maximum absolute atomic E-state index is 12.4. The largest absolute Gasteiger partial charge is 0.416 e. The van der Waals surface area contributed by atoms with E-state index >= 15 is 0 Å². The summed E-state index contributed by atoms with van der Waals surface area (Å²) in [4.78, 5) is -0.235. The van der Waals surface area contributed by atoms with Gasteiger partial charge in [0.15, 0.2) is 0 Å². The van der Waals surface area contributed by atoms with Crippen LogP contribution in [0.4, 0.5) is 13.2 Å². The summed E-state index contributed by atoms with van der Waals surface area (Å²) >= 11 is 0. The molecule has 0 N–H and O–H groups in total. The van der Waals surface area contributed by atoms with Gasteiger partial charge in [-0.2, -0.15) is 21.6 Å². The van der Waals surface area contributed by atoms with Gasteiger partial charge in [0.2, 0.25) is 0 Å². The Bertz CT molecular complexity index is 616. The smallest absolute Gasteiger partial charge is 0.266 e. The van der Waals surface area contributed by atoms with Crippen LogP contribution < -0.4 is 0 Å². The van der Waals surface area contributed by atoms with E-state index in [-0.39, 0.29) is 17.4 Å². The van der Waals surface area contributed by atoms with Crippen molar-refractivity contribution in [2.45, 2.75) is 30.3 Å². The van der Waals surface area contributed by atoms with Crippen LogP contribution in [0.1, 0.15) is 24.8 Å². The molecule has 1 aromatic rings. The maximum Gasteiger partial charge on any atom is 0.416 e. The minimum atomic E-state index is -4.48. The molecule has 116 valence electrons. The topological polar surface area (TPSA) is 43.4 Å². The summed E-state index contributed by atoms with van der Waals surface area (Å²) < 4.78 is 66.3. The van der Waals surface area contributed by atoms with E-state index < -0.39 is 21.9 Å². The zero-order chi connectivity index (χ0) is 15.3. The molecule has 1 aromatic carbocycles. The normalized spacial score (nSPS) is 28.4. The molecule has 21 heavy (non-hydrogen) atoms. The van der Waals surface area contributed by atoms with Crippen molar-refractivity contribution in [3.63, 3.8) is 0 Å². The van der Waals surface area contributed by atoms with Crippen LogP contribution in [0.2, 0.25) is 0 Å². The molecule has 3 fully saturated rings. The van der Waals surface area contributed by atoms with Crippen LogP contribution in [-0.4, -0.2) is 15.0 Å². The van der Waals surface area contributed by atoms with E-state index in [1.807, 2.05) is 0 Å². The lowest BCUT2D eigenvalue weighted by Crippen LogP contribution is -2.19. The Morgan fingerprint density at radius 1 is 1.10 bits per heavy atom. The minimum absolute atomic E-state index is 0.129. The van der Waals surface area contributed by atoms with Gasteiger partial charge in [0.25, 0.3) is 10.1 Å². The van der Waals surface area contributed by atoms with E-state index in [0.29, 0.717) is 11.8 Å². The Hall–Kier alpha value is -1.08. The highest BCUT2D eigenvalue weighted by molar-refractivity contribution is 7.86. The Labute approximate surface area is 121 Å². The molecule has 0 radical (unpaired) electrons. The van der Waals surface area contributed by atoms with Gasteiger partial charge < -0.3 is 0 Å². The monoisotopic (exact) mass is 320 g/mol. The second-order valence-electron chi connectivity index (χ2n) is 5.85. The molecular weight excluding hydrogens is 305 g/mol. The highest BCUT2D eigenvalue weighted by atomic mass is 32.2. The van der Waals surface area contributed by atoms with Crippen molar-refractivity contribution < 1.29 is 25.8 Å². The Morgan fingerprint density at radius 3 is 2.19 bits per heavy atom. The highest BCUT2D eigenvalue weighted by Gasteiger charge is 2.44. The van der Waals surface area contributed by atoms with E-state index in [1.165, 1.54) is 0 Å². The number of alkyl halides is 3. The molecule has 7 heteroatoms. The van der Waals surface area contributed by atoms with Gasteiger partial charge in [-0.3, -0.25) is 4.18 Å². The van der Waals surface area contributed by atoms with E-state index in [4.69, 9.17) is 4.18 Å². The first-order valence-corrected chi connectivity index (χ1v) is 8.23. The van der Waals surface area contributed by atoms with Gasteiger partial charge in [-0.15, -0.1) is 0 Å². The third-order valence-electron chi connectivity index (χ3n) is 4.48. The molecule has 0 aromatic heterocycles. The van der Waals surface area contributed by atoms with Crippen LogP contribution in [0, 0.1) is 17.8 Å². The third-order valence-corrected chi connectivity index (χ3v) is 5.78. The molecule has 3 aliphatic rings. The standard InChI is InChI=1S/C14H15F3O3S/c15-14(16,17)12-1-3-13(4-2-12)21(18,19)20-8-11-7-9-5-10(11)6-9/h1-4,9-11H,5-8H2/t9?,10?,11-/m1/s1. The molecule has 0 heterocycles. The summed E-state index contributed by atoms with van der Waals surface area (Å²) in [5.41, 5.74) is -0.877. The first-order valence-electron chi connectivity index (χ1n) is 6.82. The lowest BCUT2D eigenvalue weighted by Gasteiger charge is -2.24. The van der Waals surface area contributed by atoms with E-state index in [9.17, 15) is 21.6 Å². The molecule has 3 nitrogen and oxygen atoms in total. The van der Waals surface area contributed by atoms with E-state index in [1.54, 1.807) is 0 Å². The van der Waals surface area contributed by atoms with E-state index in [0.717, 1.165) is 43.5 Å². The molecule has 0 spiro atoms. The van der Waals surface area contributed by atoms with Gasteiger partial charge in [0, 0.05) is 0 Å². The molecule has 4 rings (SSSR count). The molecule has 1 atom stereocenters. The Balaban J connectivity index is 1.66. The summed E-state index contributed by atoms with van der Waals surface area (Å²) in [7, 11) is -3.98. The van der Waals surface area contributed by atoms with Gasteiger partial charge in [0.05, 0.1) is 17.1 Å². The Morgan fingerprint density at radius 2 is 1.71 bits per heavy atom. The molecule has 0 unspecified atom stereocenters. The predicted octanol–water partition coefficient (Wildman–Crippen LogP) is 3.46. The van der Waals surface area contributed by atoms with Crippen LogP contribution in [0.3, 0.4) is 0 Å². The first-order chi connectivity index (χ1) is 9.75. The number of rotatable bonds is 4. The minimum Gasteiger partial charge on any atom is -0.266 e. The van der Waals surface area contributed by atoms with Gasteiger partial charge >= 0.3 is 6.18 Å². The molecule has 0 aliphatic heterocycles. The summed E-state index contributed by atoms with van der Waals surface area (Å²) in [5, 5.41) is 0. The zero-order valence-corrected chi connectivity index (χ0v) is 12.0. The van der Waals surface area contributed by atoms with Crippen molar-refractivity contribution in [2.24, 2.45) is 17.8 Å². The van der Waals surface area contributed by atoms with Crippen molar-refractivity contribution in [1.82, 2.24) is 0 Å². The molecule has 3 saturated carbocycles. The van der Waals surface area contributed by atoms with Gasteiger partial charge in [-0.05, 0) is 61.3 Å². The molecule has 0 saturated heterocycles. The summed E-state index contributed by atoms with van der Waals surface area (Å²) in [6.07, 6.45) is -1.19. The van der Waals surface area contributed by atoms with Gasteiger partial charge in [-0.25, -0.2) is 0 Å². The van der Waals surface area contributed by atoms with Crippen LogP contribution >= 0.6 is 0 Å². The van der Waals surface area contributed by atoms with Crippen molar-refractivity contribution in [2.75, 3.05) is 6.61 Å². The maximum atomic E-state index is 12.4. The average Bonchev–Trinajstić information content (AvgIpc) is 2.94. The summed E-state index contributed by atoms with van der Waals surface area (Å²) in [6.45, 7) is 0.129. The van der Waals surface area contributed by atoms with Crippen LogP contribution in [0.5, 0.6) is 0 Å². The SMILES string of the molecule is O=S(=O)(OC[C@H]1CC2CC1C2)c1ccc(C(F)(F)F)cc1. The quantitative estimate of drug-likeness (QED) is 0.798. The van der Waals surface area contributed by atoms with Crippen LogP contribution in [0.25, 0.3) is 0 Å². The van der Waals surface area contributed by atoms with Gasteiger partial charge in [-0.1, -0.05) is 0 Å². The van der Waals surface area contributed by atoms with Crippen molar-refractivity contribution in [3.8, 4) is 0 Å². The second-order valence-corrected chi connectivity index (χ2v) is 7.47. The fraction of sp³-hybridized carbons (Fsp3) is 0.571. The van der Waals surface area contributed by atoms with Crippen LogP contribution in [-0.2, 0) is 20.5 Å². The van der Waals surface area contributed by atoms with Crippen LogP contribution in [0.15, 0.2) is 29.2 Å².